The Labute approximate surface area is 166 Å². The molecule has 0 bridgehead atoms. The Balaban J connectivity index is 2.92. The first-order valence-electron chi connectivity index (χ1n) is 10.2. The van der Waals surface area contributed by atoms with Gasteiger partial charge in [-0.2, -0.15) is 0 Å². The smallest absolute Gasteiger partial charge is 0.409 e. The maximum Gasteiger partial charge on any atom is 0.409 e. The quantitative estimate of drug-likeness (QED) is 0.475. The fourth-order valence-corrected chi connectivity index (χ4v) is 2.95. The van der Waals surface area contributed by atoms with Crippen molar-refractivity contribution in [2.75, 3.05) is 26.8 Å². The summed E-state index contributed by atoms with van der Waals surface area (Å²) in [5, 5.41) is 0. The number of hydrogen-bond donors (Lipinski definition) is 0. The average molecular weight is 378 g/mol. The summed E-state index contributed by atoms with van der Waals surface area (Å²) in [6.07, 6.45) is 2.64. The second-order valence-corrected chi connectivity index (χ2v) is 8.44. The summed E-state index contributed by atoms with van der Waals surface area (Å²) < 4.78 is 11.0. The van der Waals surface area contributed by atoms with Crippen molar-refractivity contribution in [2.45, 2.75) is 78.6 Å². The molecule has 27 heavy (non-hydrogen) atoms. The monoisotopic (exact) mass is 377 g/mol. The SMILES string of the molecule is CCN(CCCOc1ccc(C(C)(C)CC)cc1C(C)(C)CC)C(=O)OC. The lowest BCUT2D eigenvalue weighted by Gasteiger charge is -2.30. The second-order valence-electron chi connectivity index (χ2n) is 8.44. The van der Waals surface area contributed by atoms with Gasteiger partial charge in [-0.15, -0.1) is 0 Å². The van der Waals surface area contributed by atoms with Crippen molar-refractivity contribution >= 4 is 6.09 Å². The zero-order valence-electron chi connectivity index (χ0n) is 18.6. The molecule has 0 aliphatic heterocycles. The van der Waals surface area contributed by atoms with Gasteiger partial charge in [-0.3, -0.25) is 0 Å². The van der Waals surface area contributed by atoms with Gasteiger partial charge in [0.05, 0.1) is 13.7 Å². The van der Waals surface area contributed by atoms with Crippen molar-refractivity contribution in [3.05, 3.63) is 29.3 Å². The summed E-state index contributed by atoms with van der Waals surface area (Å²) in [6.45, 7) is 17.4. The first-order valence-corrected chi connectivity index (χ1v) is 10.2. The van der Waals surface area contributed by atoms with E-state index in [1.165, 1.54) is 18.2 Å². The second kappa shape index (κ2) is 10.0. The van der Waals surface area contributed by atoms with Crippen LogP contribution in [-0.2, 0) is 15.6 Å². The highest BCUT2D eigenvalue weighted by molar-refractivity contribution is 5.67. The summed E-state index contributed by atoms with van der Waals surface area (Å²) in [5.41, 5.74) is 2.83. The summed E-state index contributed by atoms with van der Waals surface area (Å²) in [7, 11) is 1.42. The van der Waals surface area contributed by atoms with Crippen LogP contribution in [0.2, 0.25) is 0 Å². The minimum atomic E-state index is -0.281. The predicted octanol–water partition coefficient (Wildman–Crippen LogP) is 5.92. The van der Waals surface area contributed by atoms with Crippen LogP contribution in [0.1, 0.15) is 78.9 Å². The third-order valence-electron chi connectivity index (χ3n) is 5.90. The largest absolute Gasteiger partial charge is 0.493 e. The third kappa shape index (κ3) is 6.15. The van der Waals surface area contributed by atoms with Crippen molar-refractivity contribution in [1.82, 2.24) is 4.90 Å². The van der Waals surface area contributed by atoms with Gasteiger partial charge in [0.1, 0.15) is 5.75 Å². The summed E-state index contributed by atoms with van der Waals surface area (Å²) in [5.74, 6) is 0.957. The van der Waals surface area contributed by atoms with E-state index in [4.69, 9.17) is 9.47 Å². The van der Waals surface area contributed by atoms with E-state index in [-0.39, 0.29) is 16.9 Å². The van der Waals surface area contributed by atoms with Gasteiger partial charge in [0.2, 0.25) is 0 Å². The van der Waals surface area contributed by atoms with E-state index in [1.54, 1.807) is 4.90 Å². The van der Waals surface area contributed by atoms with Crippen LogP contribution in [0, 0.1) is 0 Å². The molecule has 1 amide bonds. The molecule has 0 aliphatic carbocycles. The number of methoxy groups -OCH3 is 1. The Bertz CT molecular complexity index is 608. The molecule has 154 valence electrons. The van der Waals surface area contributed by atoms with Crippen molar-refractivity contribution in [2.24, 2.45) is 0 Å². The van der Waals surface area contributed by atoms with Crippen LogP contribution in [0.15, 0.2) is 18.2 Å². The van der Waals surface area contributed by atoms with E-state index < -0.39 is 0 Å². The Kier molecular flexibility index (Phi) is 8.64. The number of carbonyl (C=O) groups is 1. The first-order chi connectivity index (χ1) is 12.6. The van der Waals surface area contributed by atoms with Crippen LogP contribution in [0.4, 0.5) is 4.79 Å². The molecule has 0 spiro atoms. The lowest BCUT2D eigenvalue weighted by atomic mass is 9.76. The molecule has 0 saturated heterocycles. The van der Waals surface area contributed by atoms with Gasteiger partial charge in [-0.25, -0.2) is 4.79 Å². The molecule has 4 nitrogen and oxygen atoms in total. The minimum absolute atomic E-state index is 0.0522. The van der Waals surface area contributed by atoms with Gasteiger partial charge in [-0.05, 0) is 48.6 Å². The zero-order chi connectivity index (χ0) is 20.7. The number of rotatable bonds is 10. The number of amides is 1. The molecule has 0 fully saturated rings. The fraction of sp³-hybridized carbons (Fsp3) is 0.696. The number of hydrogen-bond acceptors (Lipinski definition) is 3. The zero-order valence-corrected chi connectivity index (χ0v) is 18.6. The summed E-state index contributed by atoms with van der Waals surface area (Å²) in [4.78, 5) is 13.3. The van der Waals surface area contributed by atoms with E-state index in [0.717, 1.165) is 25.0 Å². The van der Waals surface area contributed by atoms with Crippen molar-refractivity contribution < 1.29 is 14.3 Å². The van der Waals surface area contributed by atoms with Crippen LogP contribution in [0.25, 0.3) is 0 Å². The third-order valence-corrected chi connectivity index (χ3v) is 5.90. The number of ether oxygens (including phenoxy) is 2. The molecule has 0 unspecified atom stereocenters. The van der Waals surface area contributed by atoms with Crippen LogP contribution in [-0.4, -0.2) is 37.8 Å². The minimum Gasteiger partial charge on any atom is -0.493 e. The summed E-state index contributed by atoms with van der Waals surface area (Å²) in [6, 6.07) is 6.65. The molecule has 0 radical (unpaired) electrons. The standard InChI is InChI=1S/C23H39NO3/c1-9-22(4,5)18-13-14-20(19(17-18)23(6,7)10-2)27-16-12-15-24(11-3)21(25)26-8/h13-14,17H,9-12,15-16H2,1-8H3. The Morgan fingerprint density at radius 1 is 1.04 bits per heavy atom. The van der Waals surface area contributed by atoms with Crippen LogP contribution >= 0.6 is 0 Å². The van der Waals surface area contributed by atoms with Crippen LogP contribution < -0.4 is 4.74 Å². The molecule has 0 saturated carbocycles. The van der Waals surface area contributed by atoms with E-state index in [2.05, 4.69) is 59.7 Å². The van der Waals surface area contributed by atoms with E-state index in [1.807, 2.05) is 6.92 Å². The van der Waals surface area contributed by atoms with E-state index in [9.17, 15) is 4.79 Å². The first kappa shape index (κ1) is 23.3. The van der Waals surface area contributed by atoms with Crippen molar-refractivity contribution in [3.63, 3.8) is 0 Å². The van der Waals surface area contributed by atoms with Crippen molar-refractivity contribution in [1.29, 1.82) is 0 Å². The lowest BCUT2D eigenvalue weighted by molar-refractivity contribution is 0.123. The normalized spacial score (nSPS) is 12.0. The van der Waals surface area contributed by atoms with Crippen LogP contribution in [0.3, 0.4) is 0 Å². The molecular formula is C23H39NO3. The molecule has 1 aromatic rings. The molecule has 0 aliphatic rings. The maximum atomic E-state index is 11.7. The van der Waals surface area contributed by atoms with Crippen molar-refractivity contribution in [3.8, 4) is 5.75 Å². The van der Waals surface area contributed by atoms with Gasteiger partial charge in [0.25, 0.3) is 0 Å². The number of carbonyl (C=O) groups excluding carboxylic acids is 1. The predicted molar refractivity (Wildman–Crippen MR) is 113 cm³/mol. The highest BCUT2D eigenvalue weighted by Gasteiger charge is 2.26. The molecule has 1 aromatic carbocycles. The molecule has 1 rings (SSSR count). The highest BCUT2D eigenvalue weighted by atomic mass is 16.5. The molecule has 0 aromatic heterocycles. The molecule has 0 atom stereocenters. The van der Waals surface area contributed by atoms with Gasteiger partial charge in [0, 0.05) is 18.7 Å². The number of benzene rings is 1. The van der Waals surface area contributed by atoms with E-state index in [0.29, 0.717) is 19.7 Å². The number of nitrogens with zero attached hydrogens (tertiary/aromatic N) is 1. The fourth-order valence-electron chi connectivity index (χ4n) is 2.95. The van der Waals surface area contributed by atoms with Gasteiger partial charge < -0.3 is 14.4 Å². The molecular weight excluding hydrogens is 338 g/mol. The molecule has 0 N–H and O–H groups in total. The topological polar surface area (TPSA) is 38.8 Å². The Morgan fingerprint density at radius 2 is 1.67 bits per heavy atom. The van der Waals surface area contributed by atoms with Gasteiger partial charge in [-0.1, -0.05) is 53.7 Å². The van der Waals surface area contributed by atoms with E-state index >= 15 is 0 Å². The van der Waals surface area contributed by atoms with Crippen LogP contribution in [0.5, 0.6) is 5.75 Å². The highest BCUT2D eigenvalue weighted by Crippen LogP contribution is 2.38. The lowest BCUT2D eigenvalue weighted by Crippen LogP contribution is -2.32. The maximum absolute atomic E-state index is 11.7. The van der Waals surface area contributed by atoms with Gasteiger partial charge >= 0.3 is 6.09 Å². The average Bonchev–Trinajstić information content (AvgIpc) is 2.67. The Morgan fingerprint density at radius 3 is 2.19 bits per heavy atom. The molecule has 0 heterocycles. The summed E-state index contributed by atoms with van der Waals surface area (Å²) >= 11 is 0. The Hall–Kier alpha value is -1.71. The molecule has 4 heteroatoms. The van der Waals surface area contributed by atoms with Gasteiger partial charge in [0.15, 0.2) is 0 Å².